The standard InChI is InChI=1S/C10H10O4.CH4O3S/c1-2-6-3-4-7(9(11)12)5-8(6)10(13)14;1-5(2,3)4/h3-5H,2H2,1H3,(H,11,12)(H,13,14);1H3,(H,2,3,4). The minimum Gasteiger partial charge on any atom is -0.478 e. The molecule has 1 aromatic rings. The minimum absolute atomic E-state index is 0.000370. The molecule has 0 saturated heterocycles. The summed E-state index contributed by atoms with van der Waals surface area (Å²) in [7, 11) is -3.67. The zero-order chi connectivity index (χ0) is 15.2. The molecule has 0 spiro atoms. The Labute approximate surface area is 110 Å². The van der Waals surface area contributed by atoms with Gasteiger partial charge in [-0.2, -0.15) is 8.42 Å². The van der Waals surface area contributed by atoms with E-state index in [1.54, 1.807) is 0 Å². The molecule has 1 aromatic carbocycles. The van der Waals surface area contributed by atoms with E-state index >= 15 is 0 Å². The molecule has 0 heterocycles. The van der Waals surface area contributed by atoms with Crippen LogP contribution in [0.3, 0.4) is 0 Å². The molecule has 0 fully saturated rings. The molecule has 0 saturated carbocycles. The summed E-state index contributed by atoms with van der Waals surface area (Å²) in [6, 6.07) is 4.13. The van der Waals surface area contributed by atoms with Crippen LogP contribution in [0.25, 0.3) is 0 Å². The number of carbonyl (C=O) groups is 2. The molecular weight excluding hydrogens is 276 g/mol. The fraction of sp³-hybridized carbons (Fsp3) is 0.273. The molecule has 7 nitrogen and oxygen atoms in total. The summed E-state index contributed by atoms with van der Waals surface area (Å²) in [5.74, 6) is -2.21. The van der Waals surface area contributed by atoms with Gasteiger partial charge in [0.2, 0.25) is 0 Å². The van der Waals surface area contributed by atoms with Crippen LogP contribution in [-0.2, 0) is 16.5 Å². The van der Waals surface area contributed by atoms with Crippen LogP contribution in [0.5, 0.6) is 0 Å². The van der Waals surface area contributed by atoms with Gasteiger partial charge in [0.15, 0.2) is 0 Å². The van der Waals surface area contributed by atoms with Gasteiger partial charge in [-0.25, -0.2) is 9.59 Å². The van der Waals surface area contributed by atoms with Gasteiger partial charge in [-0.1, -0.05) is 13.0 Å². The van der Waals surface area contributed by atoms with Gasteiger partial charge in [0, 0.05) is 0 Å². The second-order valence-electron chi connectivity index (χ2n) is 3.57. The average molecular weight is 290 g/mol. The minimum atomic E-state index is -3.67. The summed E-state index contributed by atoms with van der Waals surface area (Å²) in [4.78, 5) is 21.3. The fourth-order valence-electron chi connectivity index (χ4n) is 1.22. The van der Waals surface area contributed by atoms with Crippen molar-refractivity contribution in [2.24, 2.45) is 0 Å². The molecule has 1 rings (SSSR count). The van der Waals surface area contributed by atoms with Crippen molar-refractivity contribution in [3.05, 3.63) is 34.9 Å². The second kappa shape index (κ2) is 6.86. The van der Waals surface area contributed by atoms with E-state index < -0.39 is 22.1 Å². The number of rotatable bonds is 3. The number of hydrogen-bond donors (Lipinski definition) is 3. The summed E-state index contributed by atoms with van der Waals surface area (Å²) < 4.78 is 25.9. The van der Waals surface area contributed by atoms with Crippen LogP contribution in [0.2, 0.25) is 0 Å². The van der Waals surface area contributed by atoms with Crippen LogP contribution in [0.1, 0.15) is 33.2 Å². The van der Waals surface area contributed by atoms with Crippen molar-refractivity contribution in [2.75, 3.05) is 6.26 Å². The van der Waals surface area contributed by atoms with Crippen LogP contribution >= 0.6 is 0 Å². The zero-order valence-corrected chi connectivity index (χ0v) is 11.1. The third kappa shape index (κ3) is 7.17. The molecule has 0 radical (unpaired) electrons. The van der Waals surface area contributed by atoms with Crippen LogP contribution in [0.15, 0.2) is 18.2 Å². The molecule has 0 unspecified atom stereocenters. The highest BCUT2D eigenvalue weighted by molar-refractivity contribution is 7.85. The van der Waals surface area contributed by atoms with Crippen molar-refractivity contribution in [1.82, 2.24) is 0 Å². The van der Waals surface area contributed by atoms with Gasteiger partial charge in [-0.15, -0.1) is 0 Å². The molecule has 3 N–H and O–H groups in total. The van der Waals surface area contributed by atoms with Crippen LogP contribution < -0.4 is 0 Å². The predicted octanol–water partition coefficient (Wildman–Crippen LogP) is 1.15. The Morgan fingerprint density at radius 1 is 1.16 bits per heavy atom. The smallest absolute Gasteiger partial charge is 0.335 e. The van der Waals surface area contributed by atoms with Gasteiger partial charge in [0.05, 0.1) is 17.4 Å². The highest BCUT2D eigenvalue weighted by Gasteiger charge is 2.12. The van der Waals surface area contributed by atoms with E-state index in [2.05, 4.69) is 0 Å². The number of carboxylic acids is 2. The van der Waals surface area contributed by atoms with E-state index in [1.165, 1.54) is 18.2 Å². The summed E-state index contributed by atoms with van der Waals surface area (Å²) in [5, 5.41) is 17.5. The Hall–Kier alpha value is -1.93. The third-order valence-electron chi connectivity index (χ3n) is 1.97. The maximum absolute atomic E-state index is 10.8. The first-order chi connectivity index (χ1) is 8.56. The monoisotopic (exact) mass is 290 g/mol. The lowest BCUT2D eigenvalue weighted by molar-refractivity contribution is 0.0695. The largest absolute Gasteiger partial charge is 0.478 e. The normalized spacial score (nSPS) is 10.3. The molecule has 0 atom stereocenters. The summed E-state index contributed by atoms with van der Waals surface area (Å²) >= 11 is 0. The van der Waals surface area contributed by atoms with E-state index in [9.17, 15) is 18.0 Å². The summed E-state index contributed by atoms with van der Waals surface area (Å²) in [6.07, 6.45) is 1.29. The Morgan fingerprint density at radius 3 is 1.95 bits per heavy atom. The quantitative estimate of drug-likeness (QED) is 0.712. The molecule has 0 aliphatic rings. The van der Waals surface area contributed by atoms with Crippen LogP contribution in [-0.4, -0.2) is 41.4 Å². The van der Waals surface area contributed by atoms with Gasteiger partial charge in [-0.05, 0) is 24.1 Å². The lowest BCUT2D eigenvalue weighted by Crippen LogP contribution is -2.05. The van der Waals surface area contributed by atoms with Gasteiger partial charge in [-0.3, -0.25) is 4.55 Å². The SMILES string of the molecule is CCc1ccc(C(=O)O)cc1C(=O)O.CS(=O)(=O)O. The first-order valence-corrected chi connectivity index (χ1v) is 6.93. The number of hydrogen-bond acceptors (Lipinski definition) is 4. The van der Waals surface area contributed by atoms with E-state index in [-0.39, 0.29) is 11.1 Å². The summed E-state index contributed by atoms with van der Waals surface area (Å²) in [5.41, 5.74) is 0.703. The number of aryl methyl sites for hydroxylation is 1. The third-order valence-corrected chi connectivity index (χ3v) is 1.97. The van der Waals surface area contributed by atoms with E-state index in [0.717, 1.165) is 0 Å². The van der Waals surface area contributed by atoms with Gasteiger partial charge < -0.3 is 10.2 Å². The van der Waals surface area contributed by atoms with Crippen molar-refractivity contribution in [3.63, 3.8) is 0 Å². The lowest BCUT2D eigenvalue weighted by atomic mass is 10.0. The molecule has 0 amide bonds. The lowest BCUT2D eigenvalue weighted by Gasteiger charge is -2.03. The number of benzene rings is 1. The topological polar surface area (TPSA) is 129 Å². The van der Waals surface area contributed by atoms with Crippen molar-refractivity contribution in [3.8, 4) is 0 Å². The first kappa shape index (κ1) is 17.1. The molecule has 8 heteroatoms. The summed E-state index contributed by atoms with van der Waals surface area (Å²) in [6.45, 7) is 1.82. The molecule has 0 aromatic heterocycles. The first-order valence-electron chi connectivity index (χ1n) is 5.08. The zero-order valence-electron chi connectivity index (χ0n) is 10.3. The Morgan fingerprint density at radius 2 is 1.63 bits per heavy atom. The molecule has 106 valence electrons. The Bertz CT molecular complexity index is 567. The number of carboxylic acid groups (broad SMARTS) is 2. The van der Waals surface area contributed by atoms with Gasteiger partial charge in [0.1, 0.15) is 0 Å². The average Bonchev–Trinajstić information content (AvgIpc) is 2.25. The van der Waals surface area contributed by atoms with E-state index in [4.69, 9.17) is 14.8 Å². The van der Waals surface area contributed by atoms with Crippen LogP contribution in [0.4, 0.5) is 0 Å². The molecule has 0 aliphatic heterocycles. The highest BCUT2D eigenvalue weighted by Crippen LogP contribution is 2.13. The molecule has 19 heavy (non-hydrogen) atoms. The van der Waals surface area contributed by atoms with Gasteiger partial charge >= 0.3 is 11.9 Å². The second-order valence-corrected chi connectivity index (χ2v) is 5.03. The van der Waals surface area contributed by atoms with Gasteiger partial charge in [0.25, 0.3) is 10.1 Å². The Balaban J connectivity index is 0.000000555. The predicted molar refractivity (Wildman–Crippen MR) is 67.2 cm³/mol. The van der Waals surface area contributed by atoms with Crippen molar-refractivity contribution >= 4 is 22.1 Å². The van der Waals surface area contributed by atoms with E-state index in [0.29, 0.717) is 18.2 Å². The Kier molecular flexibility index (Phi) is 6.16. The maximum atomic E-state index is 10.8. The molecule has 0 aliphatic carbocycles. The van der Waals surface area contributed by atoms with E-state index in [1.807, 2.05) is 6.92 Å². The molecular formula is C11H14O7S. The molecule has 0 bridgehead atoms. The maximum Gasteiger partial charge on any atom is 0.335 e. The fourth-order valence-corrected chi connectivity index (χ4v) is 1.22. The van der Waals surface area contributed by atoms with Crippen molar-refractivity contribution < 1.29 is 32.8 Å². The van der Waals surface area contributed by atoms with Crippen LogP contribution in [0, 0.1) is 0 Å². The van der Waals surface area contributed by atoms with Crippen molar-refractivity contribution in [2.45, 2.75) is 13.3 Å². The van der Waals surface area contributed by atoms with Crippen molar-refractivity contribution in [1.29, 1.82) is 0 Å². The highest BCUT2D eigenvalue weighted by atomic mass is 32.2. The number of aromatic carboxylic acids is 2.